The molecule has 1 aliphatic heterocycles. The van der Waals surface area contributed by atoms with Gasteiger partial charge in [0.2, 0.25) is 0 Å². The third-order valence-electron chi connectivity index (χ3n) is 2.62. The number of aromatic nitrogens is 2. The van der Waals surface area contributed by atoms with Crippen molar-refractivity contribution in [1.82, 2.24) is 9.55 Å². The van der Waals surface area contributed by atoms with Crippen LogP contribution in [0.2, 0.25) is 0 Å². The second-order valence-electron chi connectivity index (χ2n) is 3.70. The van der Waals surface area contributed by atoms with E-state index in [1.54, 1.807) is 10.8 Å². The Morgan fingerprint density at radius 1 is 1.73 bits per heavy atom. The van der Waals surface area contributed by atoms with Crippen LogP contribution in [-0.2, 0) is 11.3 Å². The molecule has 15 heavy (non-hydrogen) atoms. The summed E-state index contributed by atoms with van der Waals surface area (Å²) in [5.74, 6) is 0.760. The van der Waals surface area contributed by atoms with Crippen molar-refractivity contribution >= 4 is 22.6 Å². The Balaban J connectivity index is 2.26. The summed E-state index contributed by atoms with van der Waals surface area (Å²) in [6.45, 7) is 3.30. The van der Waals surface area contributed by atoms with Crippen LogP contribution in [0.1, 0.15) is 18.7 Å². The molecule has 82 valence electrons. The molecule has 0 spiro atoms. The van der Waals surface area contributed by atoms with Gasteiger partial charge in [0.05, 0.1) is 16.2 Å². The van der Waals surface area contributed by atoms with Gasteiger partial charge in [0.15, 0.2) is 0 Å². The molecule has 1 unspecified atom stereocenters. The molecule has 0 saturated carbocycles. The second-order valence-corrected chi connectivity index (χ2v) is 4.87. The molecule has 0 aromatic carbocycles. The lowest BCUT2D eigenvalue weighted by atomic mass is 10.2. The summed E-state index contributed by atoms with van der Waals surface area (Å²) in [6, 6.07) is 0. The van der Waals surface area contributed by atoms with E-state index in [1.165, 1.54) is 0 Å². The molecule has 0 amide bonds. The topological polar surface area (TPSA) is 44.1 Å². The third kappa shape index (κ3) is 2.39. The zero-order valence-corrected chi connectivity index (χ0v) is 10.7. The Kier molecular flexibility index (Phi) is 3.40. The van der Waals surface area contributed by atoms with E-state index in [1.807, 2.05) is 29.5 Å². The Morgan fingerprint density at radius 3 is 3.20 bits per heavy atom. The van der Waals surface area contributed by atoms with Crippen LogP contribution < -0.4 is 5.56 Å². The summed E-state index contributed by atoms with van der Waals surface area (Å²) >= 11 is 2.02. The summed E-state index contributed by atoms with van der Waals surface area (Å²) < 4.78 is 7.89. The SMILES string of the molecule is Cc1ncc(I)c(=O)n1CC1CCCO1. The minimum absolute atomic E-state index is 0.0404. The van der Waals surface area contributed by atoms with Crippen LogP contribution in [-0.4, -0.2) is 22.3 Å². The first-order valence-electron chi connectivity index (χ1n) is 5.02. The zero-order chi connectivity index (χ0) is 10.8. The van der Waals surface area contributed by atoms with E-state index in [0.29, 0.717) is 10.1 Å². The van der Waals surface area contributed by atoms with Gasteiger partial charge in [0.1, 0.15) is 5.82 Å². The first-order chi connectivity index (χ1) is 7.18. The highest BCUT2D eigenvalue weighted by Crippen LogP contribution is 2.13. The number of ether oxygens (including phenoxy) is 1. The molecule has 0 bridgehead atoms. The van der Waals surface area contributed by atoms with Gasteiger partial charge in [-0.3, -0.25) is 9.36 Å². The Hall–Kier alpha value is -0.430. The molecule has 1 aromatic heterocycles. The van der Waals surface area contributed by atoms with Crippen LogP contribution in [0.25, 0.3) is 0 Å². The molecule has 1 atom stereocenters. The van der Waals surface area contributed by atoms with E-state index >= 15 is 0 Å². The molecular formula is C10H13IN2O2. The molecule has 2 rings (SSSR count). The van der Waals surface area contributed by atoms with Crippen LogP contribution >= 0.6 is 22.6 Å². The smallest absolute Gasteiger partial charge is 0.267 e. The van der Waals surface area contributed by atoms with Crippen molar-refractivity contribution in [3.63, 3.8) is 0 Å². The Morgan fingerprint density at radius 2 is 2.53 bits per heavy atom. The van der Waals surface area contributed by atoms with Gasteiger partial charge >= 0.3 is 0 Å². The highest BCUT2D eigenvalue weighted by Gasteiger charge is 2.18. The predicted octanol–water partition coefficient (Wildman–Crippen LogP) is 1.34. The lowest BCUT2D eigenvalue weighted by Gasteiger charge is -2.13. The summed E-state index contributed by atoms with van der Waals surface area (Å²) in [4.78, 5) is 16.0. The average molecular weight is 320 g/mol. The molecule has 5 heteroatoms. The minimum atomic E-state index is 0.0404. The number of aryl methyl sites for hydroxylation is 1. The molecule has 0 N–H and O–H groups in total. The zero-order valence-electron chi connectivity index (χ0n) is 8.57. The van der Waals surface area contributed by atoms with Gasteiger partial charge in [-0.1, -0.05) is 0 Å². The van der Waals surface area contributed by atoms with Crippen LogP contribution in [0.5, 0.6) is 0 Å². The monoisotopic (exact) mass is 320 g/mol. The molecule has 4 nitrogen and oxygen atoms in total. The van der Waals surface area contributed by atoms with Gasteiger partial charge in [-0.15, -0.1) is 0 Å². The highest BCUT2D eigenvalue weighted by atomic mass is 127. The van der Waals surface area contributed by atoms with Crippen molar-refractivity contribution in [1.29, 1.82) is 0 Å². The maximum atomic E-state index is 11.8. The van der Waals surface area contributed by atoms with Crippen molar-refractivity contribution in [2.24, 2.45) is 0 Å². The van der Waals surface area contributed by atoms with E-state index in [0.717, 1.165) is 25.3 Å². The van der Waals surface area contributed by atoms with Crippen LogP contribution in [0.3, 0.4) is 0 Å². The van der Waals surface area contributed by atoms with Crippen molar-refractivity contribution in [2.75, 3.05) is 6.61 Å². The van der Waals surface area contributed by atoms with Gasteiger partial charge in [0.25, 0.3) is 5.56 Å². The van der Waals surface area contributed by atoms with Gasteiger partial charge < -0.3 is 4.74 Å². The lowest BCUT2D eigenvalue weighted by Crippen LogP contribution is -2.30. The first kappa shape index (κ1) is 11.1. The lowest BCUT2D eigenvalue weighted by molar-refractivity contribution is 0.0952. The largest absolute Gasteiger partial charge is 0.376 e. The fourth-order valence-corrected chi connectivity index (χ4v) is 2.19. The maximum Gasteiger partial charge on any atom is 0.267 e. The van der Waals surface area contributed by atoms with Gasteiger partial charge in [-0.25, -0.2) is 4.98 Å². The standard InChI is InChI=1S/C10H13IN2O2/c1-7-12-5-9(11)10(14)13(7)6-8-3-2-4-15-8/h5,8H,2-4,6H2,1H3. The van der Waals surface area contributed by atoms with Gasteiger partial charge in [0, 0.05) is 12.8 Å². The van der Waals surface area contributed by atoms with Crippen molar-refractivity contribution in [3.05, 3.63) is 25.9 Å². The van der Waals surface area contributed by atoms with Crippen molar-refractivity contribution in [2.45, 2.75) is 32.4 Å². The quantitative estimate of drug-likeness (QED) is 0.773. The summed E-state index contributed by atoms with van der Waals surface area (Å²) in [7, 11) is 0. The second kappa shape index (κ2) is 4.61. The summed E-state index contributed by atoms with van der Waals surface area (Å²) in [5.41, 5.74) is 0.0404. The van der Waals surface area contributed by atoms with E-state index in [-0.39, 0.29) is 11.7 Å². The molecule has 1 aliphatic rings. The van der Waals surface area contributed by atoms with Crippen molar-refractivity contribution in [3.8, 4) is 0 Å². The predicted molar refractivity (Wildman–Crippen MR) is 64.9 cm³/mol. The van der Waals surface area contributed by atoms with Crippen molar-refractivity contribution < 1.29 is 4.74 Å². The number of halogens is 1. The molecule has 1 saturated heterocycles. The van der Waals surface area contributed by atoms with E-state index in [4.69, 9.17) is 4.74 Å². The number of rotatable bonds is 2. The number of hydrogen-bond acceptors (Lipinski definition) is 3. The number of hydrogen-bond donors (Lipinski definition) is 0. The first-order valence-corrected chi connectivity index (χ1v) is 6.10. The normalized spacial score (nSPS) is 20.8. The van der Waals surface area contributed by atoms with Gasteiger partial charge in [-0.2, -0.15) is 0 Å². The van der Waals surface area contributed by atoms with Crippen LogP contribution in [0.15, 0.2) is 11.0 Å². The fourth-order valence-electron chi connectivity index (χ4n) is 1.76. The molecule has 1 aromatic rings. The van der Waals surface area contributed by atoms with E-state index in [2.05, 4.69) is 4.98 Å². The molecular weight excluding hydrogens is 307 g/mol. The fraction of sp³-hybridized carbons (Fsp3) is 0.600. The highest BCUT2D eigenvalue weighted by molar-refractivity contribution is 14.1. The average Bonchev–Trinajstić information content (AvgIpc) is 2.71. The van der Waals surface area contributed by atoms with Crippen LogP contribution in [0.4, 0.5) is 0 Å². The Labute approximate surface area is 102 Å². The molecule has 0 aliphatic carbocycles. The van der Waals surface area contributed by atoms with Crippen LogP contribution in [0, 0.1) is 10.5 Å². The Bertz CT molecular complexity index is 410. The molecule has 1 fully saturated rings. The summed E-state index contributed by atoms with van der Waals surface area (Å²) in [5, 5.41) is 0. The van der Waals surface area contributed by atoms with Gasteiger partial charge in [-0.05, 0) is 42.4 Å². The number of nitrogens with zero attached hydrogens (tertiary/aromatic N) is 2. The minimum Gasteiger partial charge on any atom is -0.376 e. The maximum absolute atomic E-state index is 11.8. The van der Waals surface area contributed by atoms with E-state index < -0.39 is 0 Å². The van der Waals surface area contributed by atoms with E-state index in [9.17, 15) is 4.79 Å². The molecule has 2 heterocycles. The summed E-state index contributed by atoms with van der Waals surface area (Å²) in [6.07, 6.45) is 3.93. The molecule has 0 radical (unpaired) electrons. The third-order valence-corrected chi connectivity index (χ3v) is 3.35.